The predicted molar refractivity (Wildman–Crippen MR) is 57.8 cm³/mol. The maximum atomic E-state index is 5.61. The van der Waals surface area contributed by atoms with E-state index in [1.807, 2.05) is 19.2 Å². The third kappa shape index (κ3) is 3.07. The Balaban J connectivity index is 2.55. The van der Waals surface area contributed by atoms with Gasteiger partial charge in [-0.1, -0.05) is 19.1 Å². The first-order valence-electron chi connectivity index (χ1n) is 4.74. The van der Waals surface area contributed by atoms with E-state index in [0.29, 0.717) is 5.92 Å². The van der Waals surface area contributed by atoms with Crippen LogP contribution in [0.2, 0.25) is 0 Å². The summed E-state index contributed by atoms with van der Waals surface area (Å²) in [6, 6.07) is 8.14. The molecule has 2 heteroatoms. The summed E-state index contributed by atoms with van der Waals surface area (Å²) in [6.07, 6.45) is 1.17. The van der Waals surface area contributed by atoms with Crippen LogP contribution in [0.4, 0.5) is 5.69 Å². The van der Waals surface area contributed by atoms with Crippen molar-refractivity contribution in [3.05, 3.63) is 29.8 Å². The van der Waals surface area contributed by atoms with Gasteiger partial charge < -0.3 is 11.1 Å². The van der Waals surface area contributed by atoms with Gasteiger partial charge in [-0.05, 0) is 43.6 Å². The average molecular weight is 178 g/mol. The van der Waals surface area contributed by atoms with E-state index in [9.17, 15) is 0 Å². The van der Waals surface area contributed by atoms with Crippen LogP contribution < -0.4 is 11.1 Å². The third-order valence-corrected chi connectivity index (χ3v) is 2.33. The summed E-state index contributed by atoms with van der Waals surface area (Å²) in [7, 11) is 1.98. The van der Waals surface area contributed by atoms with Gasteiger partial charge in [-0.15, -0.1) is 0 Å². The van der Waals surface area contributed by atoms with Crippen LogP contribution in [0, 0.1) is 0 Å². The summed E-state index contributed by atoms with van der Waals surface area (Å²) in [4.78, 5) is 0. The van der Waals surface area contributed by atoms with Crippen molar-refractivity contribution in [1.29, 1.82) is 0 Å². The third-order valence-electron chi connectivity index (χ3n) is 2.33. The number of rotatable bonds is 4. The predicted octanol–water partition coefficient (Wildman–Crippen LogP) is 1.98. The van der Waals surface area contributed by atoms with Crippen LogP contribution in [-0.2, 0) is 0 Å². The van der Waals surface area contributed by atoms with Crippen molar-refractivity contribution in [1.82, 2.24) is 5.32 Å². The number of nitrogens with one attached hydrogen (secondary N) is 1. The average Bonchev–Trinajstić information content (AvgIpc) is 2.15. The molecule has 1 aromatic rings. The maximum Gasteiger partial charge on any atom is 0.0314 e. The van der Waals surface area contributed by atoms with E-state index in [1.54, 1.807) is 0 Å². The first-order chi connectivity index (χ1) is 6.24. The highest BCUT2D eigenvalue weighted by atomic mass is 14.8. The zero-order chi connectivity index (χ0) is 9.68. The molecule has 0 spiro atoms. The van der Waals surface area contributed by atoms with E-state index in [1.165, 1.54) is 12.0 Å². The fourth-order valence-electron chi connectivity index (χ4n) is 1.35. The molecule has 0 bridgehead atoms. The second kappa shape index (κ2) is 4.87. The Morgan fingerprint density at radius 3 is 2.46 bits per heavy atom. The highest BCUT2D eigenvalue weighted by Crippen LogP contribution is 2.19. The van der Waals surface area contributed by atoms with Gasteiger partial charge >= 0.3 is 0 Å². The van der Waals surface area contributed by atoms with Crippen LogP contribution in [0.15, 0.2) is 24.3 Å². The largest absolute Gasteiger partial charge is 0.399 e. The molecule has 0 aliphatic heterocycles. The quantitative estimate of drug-likeness (QED) is 0.692. The van der Waals surface area contributed by atoms with Gasteiger partial charge in [0.25, 0.3) is 0 Å². The Kier molecular flexibility index (Phi) is 3.77. The number of hydrogen-bond donors (Lipinski definition) is 2. The SMILES string of the molecule is CNCCC(C)c1ccc(N)cc1. The highest BCUT2D eigenvalue weighted by molar-refractivity contribution is 5.40. The van der Waals surface area contributed by atoms with Gasteiger partial charge in [-0.2, -0.15) is 0 Å². The topological polar surface area (TPSA) is 38.0 Å². The van der Waals surface area contributed by atoms with Crippen molar-refractivity contribution < 1.29 is 0 Å². The zero-order valence-electron chi connectivity index (χ0n) is 8.38. The highest BCUT2D eigenvalue weighted by Gasteiger charge is 2.03. The van der Waals surface area contributed by atoms with E-state index in [2.05, 4.69) is 24.4 Å². The van der Waals surface area contributed by atoms with Crippen molar-refractivity contribution in [3.63, 3.8) is 0 Å². The Morgan fingerprint density at radius 2 is 1.92 bits per heavy atom. The van der Waals surface area contributed by atoms with E-state index < -0.39 is 0 Å². The minimum absolute atomic E-state index is 0.605. The molecule has 0 radical (unpaired) electrons. The van der Waals surface area contributed by atoms with Crippen molar-refractivity contribution >= 4 is 5.69 Å². The van der Waals surface area contributed by atoms with E-state index >= 15 is 0 Å². The number of anilines is 1. The lowest BCUT2D eigenvalue weighted by atomic mass is 9.98. The van der Waals surface area contributed by atoms with Gasteiger partial charge in [0, 0.05) is 5.69 Å². The normalized spacial score (nSPS) is 12.8. The second-order valence-electron chi connectivity index (χ2n) is 3.46. The van der Waals surface area contributed by atoms with Gasteiger partial charge in [0.1, 0.15) is 0 Å². The molecule has 1 rings (SSSR count). The molecule has 0 aliphatic carbocycles. The van der Waals surface area contributed by atoms with Crippen molar-refractivity contribution in [2.45, 2.75) is 19.3 Å². The molecule has 0 aromatic heterocycles. The van der Waals surface area contributed by atoms with Crippen LogP contribution in [0.25, 0.3) is 0 Å². The summed E-state index contributed by atoms with van der Waals surface area (Å²) >= 11 is 0. The first kappa shape index (κ1) is 10.1. The number of hydrogen-bond acceptors (Lipinski definition) is 2. The van der Waals surface area contributed by atoms with Crippen LogP contribution in [0.1, 0.15) is 24.8 Å². The second-order valence-corrected chi connectivity index (χ2v) is 3.46. The Labute approximate surface area is 80.1 Å². The van der Waals surface area contributed by atoms with Crippen LogP contribution in [0.3, 0.4) is 0 Å². The molecule has 0 heterocycles. The lowest BCUT2D eigenvalue weighted by molar-refractivity contribution is 0.636. The summed E-state index contributed by atoms with van der Waals surface area (Å²) in [5, 5.41) is 3.16. The maximum absolute atomic E-state index is 5.61. The summed E-state index contributed by atoms with van der Waals surface area (Å²) < 4.78 is 0. The van der Waals surface area contributed by atoms with Gasteiger partial charge in [0.2, 0.25) is 0 Å². The summed E-state index contributed by atoms with van der Waals surface area (Å²) in [6.45, 7) is 3.30. The molecule has 1 atom stereocenters. The standard InChI is InChI=1S/C11H18N2/c1-9(7-8-13-2)10-3-5-11(12)6-4-10/h3-6,9,13H,7-8,12H2,1-2H3. The molecule has 1 unspecified atom stereocenters. The van der Waals surface area contributed by atoms with Gasteiger partial charge in [-0.3, -0.25) is 0 Å². The smallest absolute Gasteiger partial charge is 0.0314 e. The molecule has 0 aliphatic rings. The molecule has 3 N–H and O–H groups in total. The number of nitrogen functional groups attached to an aromatic ring is 1. The lowest BCUT2D eigenvalue weighted by Gasteiger charge is -2.11. The van der Waals surface area contributed by atoms with Gasteiger partial charge in [0.05, 0.1) is 0 Å². The molecule has 0 saturated heterocycles. The molecule has 13 heavy (non-hydrogen) atoms. The lowest BCUT2D eigenvalue weighted by Crippen LogP contribution is -2.10. The Hall–Kier alpha value is -1.02. The molecule has 2 nitrogen and oxygen atoms in total. The van der Waals surface area contributed by atoms with Crippen molar-refractivity contribution in [2.24, 2.45) is 0 Å². The molecule has 1 aromatic carbocycles. The molecular formula is C11H18N2. The van der Waals surface area contributed by atoms with E-state index in [4.69, 9.17) is 5.73 Å². The molecule has 0 saturated carbocycles. The zero-order valence-corrected chi connectivity index (χ0v) is 8.38. The summed E-state index contributed by atoms with van der Waals surface area (Å²) in [5.41, 5.74) is 7.82. The van der Waals surface area contributed by atoms with Crippen molar-refractivity contribution in [2.75, 3.05) is 19.3 Å². The molecule has 0 amide bonds. The van der Waals surface area contributed by atoms with Crippen LogP contribution >= 0.6 is 0 Å². The van der Waals surface area contributed by atoms with Crippen LogP contribution in [-0.4, -0.2) is 13.6 Å². The molecule has 0 fully saturated rings. The van der Waals surface area contributed by atoms with Crippen molar-refractivity contribution in [3.8, 4) is 0 Å². The molecular weight excluding hydrogens is 160 g/mol. The first-order valence-corrected chi connectivity index (χ1v) is 4.74. The van der Waals surface area contributed by atoms with E-state index in [0.717, 1.165) is 12.2 Å². The number of benzene rings is 1. The van der Waals surface area contributed by atoms with Gasteiger partial charge in [-0.25, -0.2) is 0 Å². The van der Waals surface area contributed by atoms with E-state index in [-0.39, 0.29) is 0 Å². The summed E-state index contributed by atoms with van der Waals surface area (Å²) in [5.74, 6) is 0.605. The fraction of sp³-hybridized carbons (Fsp3) is 0.455. The fourth-order valence-corrected chi connectivity index (χ4v) is 1.35. The Morgan fingerprint density at radius 1 is 1.31 bits per heavy atom. The number of nitrogens with two attached hydrogens (primary N) is 1. The Bertz CT molecular complexity index is 241. The van der Waals surface area contributed by atoms with Crippen LogP contribution in [0.5, 0.6) is 0 Å². The minimum atomic E-state index is 0.605. The van der Waals surface area contributed by atoms with Gasteiger partial charge in [0.15, 0.2) is 0 Å². The monoisotopic (exact) mass is 178 g/mol. The molecule has 72 valence electrons. The minimum Gasteiger partial charge on any atom is -0.399 e.